The predicted octanol–water partition coefficient (Wildman–Crippen LogP) is 4.68. The summed E-state index contributed by atoms with van der Waals surface area (Å²) in [4.78, 5) is 0. The first-order valence-corrected chi connectivity index (χ1v) is 5.98. The SMILES string of the molecule is Cc1ccc(-c2cc(F)c(F)c(F)c2)cc1I. The molecule has 0 spiro atoms. The van der Waals surface area contributed by atoms with Crippen LogP contribution in [0.5, 0.6) is 0 Å². The number of hydrogen-bond acceptors (Lipinski definition) is 0. The normalized spacial score (nSPS) is 10.6. The fourth-order valence-corrected chi connectivity index (χ4v) is 2.01. The van der Waals surface area contributed by atoms with E-state index in [1.807, 2.05) is 19.1 Å². The lowest BCUT2D eigenvalue weighted by Gasteiger charge is -2.06. The summed E-state index contributed by atoms with van der Waals surface area (Å²) in [6.45, 7) is 1.94. The van der Waals surface area contributed by atoms with E-state index >= 15 is 0 Å². The van der Waals surface area contributed by atoms with Crippen molar-refractivity contribution in [1.29, 1.82) is 0 Å². The summed E-state index contributed by atoms with van der Waals surface area (Å²) >= 11 is 2.14. The molecule has 0 unspecified atom stereocenters. The Morgan fingerprint density at radius 2 is 1.47 bits per heavy atom. The second kappa shape index (κ2) is 4.68. The van der Waals surface area contributed by atoms with Crippen LogP contribution >= 0.6 is 22.6 Å². The molecule has 0 radical (unpaired) electrons. The first-order chi connectivity index (χ1) is 7.99. The Labute approximate surface area is 111 Å². The van der Waals surface area contributed by atoms with Crippen LogP contribution in [0, 0.1) is 27.9 Å². The number of aryl methyl sites for hydroxylation is 1. The predicted molar refractivity (Wildman–Crippen MR) is 69.2 cm³/mol. The summed E-state index contributed by atoms with van der Waals surface area (Å²) in [5, 5.41) is 0. The first-order valence-electron chi connectivity index (χ1n) is 4.90. The van der Waals surface area contributed by atoms with Gasteiger partial charge in [0.25, 0.3) is 0 Å². The van der Waals surface area contributed by atoms with E-state index in [1.165, 1.54) is 0 Å². The Hall–Kier alpha value is -1.04. The molecule has 0 aliphatic rings. The topological polar surface area (TPSA) is 0 Å². The van der Waals surface area contributed by atoms with Gasteiger partial charge in [0.05, 0.1) is 0 Å². The van der Waals surface area contributed by atoms with Gasteiger partial charge in [-0.15, -0.1) is 0 Å². The fourth-order valence-electron chi connectivity index (χ4n) is 1.49. The second-order valence-electron chi connectivity index (χ2n) is 3.72. The maximum Gasteiger partial charge on any atom is 0.194 e. The average molecular weight is 348 g/mol. The summed E-state index contributed by atoms with van der Waals surface area (Å²) < 4.78 is 40.0. The number of rotatable bonds is 1. The Morgan fingerprint density at radius 3 is 2.00 bits per heavy atom. The van der Waals surface area contributed by atoms with E-state index < -0.39 is 17.5 Å². The molecule has 0 saturated heterocycles. The molecule has 2 aromatic rings. The second-order valence-corrected chi connectivity index (χ2v) is 4.88. The number of halogens is 4. The van der Waals surface area contributed by atoms with Crippen molar-refractivity contribution in [3.63, 3.8) is 0 Å². The van der Waals surface area contributed by atoms with Gasteiger partial charge in [0.15, 0.2) is 17.5 Å². The van der Waals surface area contributed by atoms with Crippen molar-refractivity contribution in [3.05, 3.63) is 56.9 Å². The third-order valence-electron chi connectivity index (χ3n) is 2.49. The molecule has 2 rings (SSSR count). The first kappa shape index (κ1) is 12.4. The molecule has 2 aromatic carbocycles. The van der Waals surface area contributed by atoms with Gasteiger partial charge < -0.3 is 0 Å². The summed E-state index contributed by atoms with van der Waals surface area (Å²) in [6, 6.07) is 7.42. The van der Waals surface area contributed by atoms with Gasteiger partial charge in [0.2, 0.25) is 0 Å². The van der Waals surface area contributed by atoms with Crippen LogP contribution in [-0.4, -0.2) is 0 Å². The highest BCUT2D eigenvalue weighted by Gasteiger charge is 2.11. The van der Waals surface area contributed by atoms with Crippen LogP contribution in [0.3, 0.4) is 0 Å². The van der Waals surface area contributed by atoms with E-state index in [2.05, 4.69) is 22.6 Å². The van der Waals surface area contributed by atoms with Gasteiger partial charge in [-0.1, -0.05) is 12.1 Å². The lowest BCUT2D eigenvalue weighted by Crippen LogP contribution is -1.92. The van der Waals surface area contributed by atoms with Crippen LogP contribution in [0.1, 0.15) is 5.56 Å². The van der Waals surface area contributed by atoms with E-state index in [0.29, 0.717) is 11.1 Å². The van der Waals surface area contributed by atoms with E-state index in [1.54, 1.807) is 6.07 Å². The summed E-state index contributed by atoms with van der Waals surface area (Å²) in [6.07, 6.45) is 0. The van der Waals surface area contributed by atoms with Crippen molar-refractivity contribution in [1.82, 2.24) is 0 Å². The van der Waals surface area contributed by atoms with Crippen LogP contribution in [0.25, 0.3) is 11.1 Å². The molecule has 88 valence electrons. The molecule has 0 amide bonds. The smallest absolute Gasteiger partial charge is 0.194 e. The van der Waals surface area contributed by atoms with Crippen molar-refractivity contribution in [3.8, 4) is 11.1 Å². The molecule has 0 saturated carbocycles. The highest BCUT2D eigenvalue weighted by molar-refractivity contribution is 14.1. The summed E-state index contributed by atoms with van der Waals surface area (Å²) in [5.74, 6) is -3.78. The monoisotopic (exact) mass is 348 g/mol. The van der Waals surface area contributed by atoms with Gasteiger partial charge in [0.1, 0.15) is 0 Å². The van der Waals surface area contributed by atoms with Crippen LogP contribution < -0.4 is 0 Å². The zero-order chi connectivity index (χ0) is 12.6. The van der Waals surface area contributed by atoms with Crippen LogP contribution in [0.15, 0.2) is 30.3 Å². The molecule has 0 bridgehead atoms. The van der Waals surface area contributed by atoms with Crippen LogP contribution in [0.4, 0.5) is 13.2 Å². The fraction of sp³-hybridized carbons (Fsp3) is 0.0769. The maximum absolute atomic E-state index is 13.1. The Bertz CT molecular complexity index is 556. The van der Waals surface area contributed by atoms with Gasteiger partial charge in [-0.2, -0.15) is 0 Å². The van der Waals surface area contributed by atoms with Gasteiger partial charge >= 0.3 is 0 Å². The van der Waals surface area contributed by atoms with E-state index in [4.69, 9.17) is 0 Å². The molecule has 0 N–H and O–H groups in total. The van der Waals surface area contributed by atoms with Crippen LogP contribution in [0.2, 0.25) is 0 Å². The largest absolute Gasteiger partial charge is 0.204 e. The molecule has 0 atom stereocenters. The molecular formula is C13H8F3I. The zero-order valence-electron chi connectivity index (χ0n) is 8.90. The Balaban J connectivity index is 2.57. The van der Waals surface area contributed by atoms with Gasteiger partial charge in [-0.3, -0.25) is 0 Å². The van der Waals surface area contributed by atoms with Crippen molar-refractivity contribution >= 4 is 22.6 Å². The van der Waals surface area contributed by atoms with Gasteiger partial charge in [0, 0.05) is 3.57 Å². The Kier molecular flexibility index (Phi) is 3.42. The lowest BCUT2D eigenvalue weighted by molar-refractivity contribution is 0.448. The minimum atomic E-state index is -1.43. The molecule has 0 aliphatic heterocycles. The van der Waals surface area contributed by atoms with E-state index in [9.17, 15) is 13.2 Å². The van der Waals surface area contributed by atoms with Crippen molar-refractivity contribution in [2.45, 2.75) is 6.92 Å². The van der Waals surface area contributed by atoms with E-state index in [0.717, 1.165) is 21.3 Å². The maximum atomic E-state index is 13.1. The van der Waals surface area contributed by atoms with Crippen molar-refractivity contribution in [2.24, 2.45) is 0 Å². The molecule has 4 heteroatoms. The molecule has 0 aliphatic carbocycles. The molecule has 0 aromatic heterocycles. The minimum Gasteiger partial charge on any atom is -0.204 e. The highest BCUT2D eigenvalue weighted by atomic mass is 127. The van der Waals surface area contributed by atoms with E-state index in [-0.39, 0.29) is 0 Å². The number of benzene rings is 2. The highest BCUT2D eigenvalue weighted by Crippen LogP contribution is 2.26. The Morgan fingerprint density at radius 1 is 0.882 bits per heavy atom. The van der Waals surface area contributed by atoms with Crippen molar-refractivity contribution in [2.75, 3.05) is 0 Å². The standard InChI is InChI=1S/C13H8F3I/c1-7-2-3-8(6-12(7)17)9-4-10(14)13(16)11(15)5-9/h2-6H,1H3. The summed E-state index contributed by atoms with van der Waals surface area (Å²) in [7, 11) is 0. The third-order valence-corrected chi connectivity index (χ3v) is 3.65. The van der Waals surface area contributed by atoms with Crippen LogP contribution in [-0.2, 0) is 0 Å². The molecule has 0 nitrogen and oxygen atoms in total. The third kappa shape index (κ3) is 2.46. The minimum absolute atomic E-state index is 0.333. The molecule has 0 heterocycles. The van der Waals surface area contributed by atoms with Gasteiger partial charge in [-0.05, 0) is 64.4 Å². The molecule has 0 fully saturated rings. The zero-order valence-corrected chi connectivity index (χ0v) is 11.1. The van der Waals surface area contributed by atoms with Crippen molar-refractivity contribution < 1.29 is 13.2 Å². The molecular weight excluding hydrogens is 340 g/mol. The average Bonchev–Trinajstić information content (AvgIpc) is 2.29. The number of hydrogen-bond donors (Lipinski definition) is 0. The molecule has 17 heavy (non-hydrogen) atoms. The summed E-state index contributed by atoms with van der Waals surface area (Å²) in [5.41, 5.74) is 2.08. The van der Waals surface area contributed by atoms with Gasteiger partial charge in [-0.25, -0.2) is 13.2 Å². The lowest BCUT2D eigenvalue weighted by atomic mass is 10.0. The quantitative estimate of drug-likeness (QED) is 0.518.